The molecule has 0 atom stereocenters. The van der Waals surface area contributed by atoms with Crippen molar-refractivity contribution in [2.75, 3.05) is 49.7 Å². The van der Waals surface area contributed by atoms with E-state index in [0.29, 0.717) is 5.69 Å². The number of benzene rings is 2. The summed E-state index contributed by atoms with van der Waals surface area (Å²) < 4.78 is 23.6. The highest BCUT2D eigenvalue weighted by Gasteiger charge is 2.20. The van der Waals surface area contributed by atoms with Crippen LogP contribution in [-0.4, -0.2) is 58.7 Å². The van der Waals surface area contributed by atoms with Gasteiger partial charge in [-0.2, -0.15) is 0 Å². The van der Waals surface area contributed by atoms with Crippen molar-refractivity contribution in [1.29, 1.82) is 0 Å². The van der Waals surface area contributed by atoms with Gasteiger partial charge in [0.05, 0.1) is 26.9 Å². The molecule has 8 heteroatoms. The number of rotatable bonds is 4. The number of amides is 1. The minimum atomic E-state index is -3.43. The number of sulfone groups is 1. The normalized spacial score (nSPS) is 15.6. The van der Waals surface area contributed by atoms with E-state index in [2.05, 4.69) is 22.2 Å². The van der Waals surface area contributed by atoms with Gasteiger partial charge < -0.3 is 15.1 Å². The number of nitrogens with one attached hydrogen (secondary N) is 1. The molecule has 0 aromatic heterocycles. The van der Waals surface area contributed by atoms with Crippen LogP contribution >= 0.6 is 11.6 Å². The molecule has 1 saturated heterocycles. The van der Waals surface area contributed by atoms with E-state index in [1.54, 1.807) is 0 Å². The number of hydrogen-bond acceptors (Lipinski definition) is 5. The first-order valence-electron chi connectivity index (χ1n) is 8.59. The third kappa shape index (κ3) is 4.61. The van der Waals surface area contributed by atoms with Crippen molar-refractivity contribution in [2.45, 2.75) is 4.90 Å². The Morgan fingerprint density at radius 2 is 1.74 bits per heavy atom. The van der Waals surface area contributed by atoms with Gasteiger partial charge in [0, 0.05) is 32.4 Å². The summed E-state index contributed by atoms with van der Waals surface area (Å²) in [5.74, 6) is -0.438. The highest BCUT2D eigenvalue weighted by molar-refractivity contribution is 7.90. The molecule has 144 valence electrons. The maximum atomic E-state index is 12.8. The van der Waals surface area contributed by atoms with Crippen LogP contribution < -0.4 is 10.2 Å². The van der Waals surface area contributed by atoms with Crippen LogP contribution in [0.15, 0.2) is 47.4 Å². The number of piperazine rings is 1. The molecule has 0 spiro atoms. The van der Waals surface area contributed by atoms with Crippen LogP contribution in [0.3, 0.4) is 0 Å². The van der Waals surface area contributed by atoms with Gasteiger partial charge in [0.25, 0.3) is 5.91 Å². The van der Waals surface area contributed by atoms with Gasteiger partial charge in [-0.1, -0.05) is 23.7 Å². The van der Waals surface area contributed by atoms with E-state index in [9.17, 15) is 13.2 Å². The quantitative estimate of drug-likeness (QED) is 0.843. The Bertz CT molecular complexity index is 954. The Kier molecular flexibility index (Phi) is 5.74. The molecule has 0 radical (unpaired) electrons. The molecule has 6 nitrogen and oxygen atoms in total. The van der Waals surface area contributed by atoms with Crippen molar-refractivity contribution in [3.8, 4) is 0 Å². The standard InChI is InChI=1S/C19H22ClN3O3S/c1-22-9-11-23(12-10-22)18-6-4-3-5-17(18)21-19(24)15-13-14(27(2,25)26)7-8-16(15)20/h3-8,13H,9-12H2,1-2H3,(H,21,24). The lowest BCUT2D eigenvalue weighted by atomic mass is 10.1. The van der Waals surface area contributed by atoms with Gasteiger partial charge in [0.2, 0.25) is 0 Å². The lowest BCUT2D eigenvalue weighted by molar-refractivity contribution is 0.102. The van der Waals surface area contributed by atoms with Crippen molar-refractivity contribution in [3.05, 3.63) is 53.1 Å². The van der Waals surface area contributed by atoms with Crippen LogP contribution in [0.2, 0.25) is 5.02 Å². The number of anilines is 2. The minimum Gasteiger partial charge on any atom is -0.367 e. The molecule has 2 aromatic carbocycles. The number of hydrogen-bond donors (Lipinski definition) is 1. The summed E-state index contributed by atoms with van der Waals surface area (Å²) in [6, 6.07) is 11.7. The zero-order valence-corrected chi connectivity index (χ0v) is 16.8. The summed E-state index contributed by atoms with van der Waals surface area (Å²) in [5, 5.41) is 3.09. The molecular weight excluding hydrogens is 386 g/mol. The Morgan fingerprint density at radius 1 is 1.07 bits per heavy atom. The van der Waals surface area contributed by atoms with Crippen LogP contribution in [0.1, 0.15) is 10.4 Å². The third-order valence-corrected chi connectivity index (χ3v) is 6.05. The van der Waals surface area contributed by atoms with Gasteiger partial charge in [-0.15, -0.1) is 0 Å². The lowest BCUT2D eigenvalue weighted by Gasteiger charge is -2.35. The van der Waals surface area contributed by atoms with Crippen molar-refractivity contribution in [2.24, 2.45) is 0 Å². The molecule has 1 amide bonds. The van der Waals surface area contributed by atoms with Gasteiger partial charge in [0.1, 0.15) is 0 Å². The van der Waals surface area contributed by atoms with E-state index < -0.39 is 15.7 Å². The van der Waals surface area contributed by atoms with E-state index in [1.807, 2.05) is 24.3 Å². The van der Waals surface area contributed by atoms with Crippen LogP contribution in [0, 0.1) is 0 Å². The second kappa shape index (κ2) is 7.88. The maximum absolute atomic E-state index is 12.8. The Balaban J connectivity index is 1.87. The first-order chi connectivity index (χ1) is 12.8. The van der Waals surface area contributed by atoms with E-state index in [1.165, 1.54) is 18.2 Å². The first-order valence-corrected chi connectivity index (χ1v) is 10.9. The smallest absolute Gasteiger partial charge is 0.257 e. The fourth-order valence-corrected chi connectivity index (χ4v) is 3.85. The van der Waals surface area contributed by atoms with Crippen molar-refractivity contribution >= 4 is 38.7 Å². The SMILES string of the molecule is CN1CCN(c2ccccc2NC(=O)c2cc(S(C)(=O)=O)ccc2Cl)CC1. The van der Waals surface area contributed by atoms with Gasteiger partial charge in [-0.05, 0) is 37.4 Å². The molecular formula is C19H22ClN3O3S. The first kappa shape index (κ1) is 19.7. The third-order valence-electron chi connectivity index (χ3n) is 4.61. The average Bonchev–Trinajstić information content (AvgIpc) is 2.62. The highest BCUT2D eigenvalue weighted by atomic mass is 35.5. The predicted molar refractivity (Wildman–Crippen MR) is 109 cm³/mol. The summed E-state index contributed by atoms with van der Waals surface area (Å²) >= 11 is 6.14. The molecule has 1 fully saturated rings. The zero-order chi connectivity index (χ0) is 19.6. The minimum absolute atomic E-state index is 0.0596. The molecule has 3 rings (SSSR count). The Labute approximate surface area is 164 Å². The van der Waals surface area contributed by atoms with Gasteiger partial charge in [-0.25, -0.2) is 8.42 Å². The second-order valence-corrected chi connectivity index (χ2v) is 9.10. The van der Waals surface area contributed by atoms with E-state index in [0.717, 1.165) is 38.1 Å². The van der Waals surface area contributed by atoms with Crippen LogP contribution in [0.25, 0.3) is 0 Å². The largest absolute Gasteiger partial charge is 0.367 e. The highest BCUT2D eigenvalue weighted by Crippen LogP contribution is 2.28. The molecule has 0 bridgehead atoms. The maximum Gasteiger partial charge on any atom is 0.257 e. The van der Waals surface area contributed by atoms with Gasteiger partial charge >= 0.3 is 0 Å². The van der Waals surface area contributed by atoms with Crippen molar-refractivity contribution in [1.82, 2.24) is 4.90 Å². The summed E-state index contributed by atoms with van der Waals surface area (Å²) in [6.45, 7) is 3.64. The fourth-order valence-electron chi connectivity index (χ4n) is 3.00. The Morgan fingerprint density at radius 3 is 2.41 bits per heavy atom. The molecule has 0 aliphatic carbocycles. The zero-order valence-electron chi connectivity index (χ0n) is 15.3. The molecule has 0 unspecified atom stereocenters. The molecule has 0 saturated carbocycles. The van der Waals surface area contributed by atoms with Crippen LogP contribution in [0.5, 0.6) is 0 Å². The topological polar surface area (TPSA) is 69.7 Å². The summed E-state index contributed by atoms with van der Waals surface area (Å²) in [4.78, 5) is 17.3. The van der Waals surface area contributed by atoms with Crippen molar-refractivity contribution < 1.29 is 13.2 Å². The number of halogens is 1. The number of para-hydroxylation sites is 2. The number of nitrogens with zero attached hydrogens (tertiary/aromatic N) is 2. The lowest BCUT2D eigenvalue weighted by Crippen LogP contribution is -2.44. The van der Waals surface area contributed by atoms with Gasteiger partial charge in [-0.3, -0.25) is 4.79 Å². The monoisotopic (exact) mass is 407 g/mol. The summed E-state index contributed by atoms with van der Waals surface area (Å²) in [5.41, 5.74) is 1.75. The average molecular weight is 408 g/mol. The molecule has 1 aliphatic rings. The summed E-state index contributed by atoms with van der Waals surface area (Å²) in [7, 11) is -1.35. The summed E-state index contributed by atoms with van der Waals surface area (Å²) in [6.07, 6.45) is 1.10. The molecule has 1 N–H and O–H groups in total. The fraction of sp³-hybridized carbons (Fsp3) is 0.316. The van der Waals surface area contributed by atoms with Crippen molar-refractivity contribution in [3.63, 3.8) is 0 Å². The van der Waals surface area contributed by atoms with E-state index >= 15 is 0 Å². The number of carbonyl (C=O) groups excluding carboxylic acids is 1. The predicted octanol–water partition coefficient (Wildman–Crippen LogP) is 2.75. The van der Waals surface area contributed by atoms with E-state index in [4.69, 9.17) is 11.6 Å². The van der Waals surface area contributed by atoms with E-state index in [-0.39, 0.29) is 15.5 Å². The Hall–Kier alpha value is -2.09. The second-order valence-electron chi connectivity index (χ2n) is 6.68. The molecule has 27 heavy (non-hydrogen) atoms. The molecule has 2 aromatic rings. The number of carbonyl (C=O) groups is 1. The number of likely N-dealkylation sites (N-methyl/N-ethyl adjacent to an activating group) is 1. The van der Waals surface area contributed by atoms with Crippen LogP contribution in [-0.2, 0) is 9.84 Å². The molecule has 1 aliphatic heterocycles. The van der Waals surface area contributed by atoms with Gasteiger partial charge in [0.15, 0.2) is 9.84 Å². The van der Waals surface area contributed by atoms with Crippen LogP contribution in [0.4, 0.5) is 11.4 Å². The molecule has 1 heterocycles.